The maximum atomic E-state index is 13.3. The predicted octanol–water partition coefficient (Wildman–Crippen LogP) is -0.0318. The summed E-state index contributed by atoms with van der Waals surface area (Å²) < 4.78 is 113. The first kappa shape index (κ1) is 22.2. The third-order valence-corrected chi connectivity index (χ3v) is 5.03. The molecule has 0 aliphatic heterocycles. The number of hydrogen-bond donors (Lipinski definition) is 1. The number of nitrogens with one attached hydrogen (secondary N) is 1. The molecule has 0 fully saturated rings. The number of sulfonamides is 2. The first-order chi connectivity index (χ1) is 10.5. The standard InChI is InChI=1S/C8H8F5NO8S2/c1-4(2)5(15)21-3-22-6(16)7(9,10)23(17,18)14-24(19,20)8(11,12)13/h14H,1,3H2,2H3. The number of carbonyl (C=O) groups excluding carboxylic acids is 2. The van der Waals surface area contributed by atoms with Gasteiger partial charge in [0.2, 0.25) is 6.79 Å². The SMILES string of the molecule is C=C(C)C(=O)OCOC(=O)C(F)(F)S(=O)(=O)NS(=O)(=O)C(F)(F)F. The van der Waals surface area contributed by atoms with Gasteiger partial charge in [-0.2, -0.15) is 22.0 Å². The van der Waals surface area contributed by atoms with E-state index in [1.165, 1.54) is 0 Å². The molecule has 0 spiro atoms. The van der Waals surface area contributed by atoms with Crippen molar-refractivity contribution in [2.75, 3.05) is 6.79 Å². The summed E-state index contributed by atoms with van der Waals surface area (Å²) in [6.07, 6.45) is 0. The number of carbonyl (C=O) groups is 2. The summed E-state index contributed by atoms with van der Waals surface area (Å²) >= 11 is 0. The molecule has 0 aromatic rings. The summed E-state index contributed by atoms with van der Waals surface area (Å²) in [5.74, 6) is -4.20. The summed E-state index contributed by atoms with van der Waals surface area (Å²) in [5.41, 5.74) is -6.49. The highest BCUT2D eigenvalue weighted by molar-refractivity contribution is 8.05. The lowest BCUT2D eigenvalue weighted by molar-refractivity contribution is -0.177. The molecule has 0 rings (SSSR count). The second-order valence-corrected chi connectivity index (χ2v) is 7.47. The van der Waals surface area contributed by atoms with Gasteiger partial charge in [-0.15, -0.1) is 0 Å². The van der Waals surface area contributed by atoms with Crippen molar-refractivity contribution in [3.8, 4) is 0 Å². The molecule has 0 aromatic heterocycles. The Morgan fingerprint density at radius 1 is 1.00 bits per heavy atom. The summed E-state index contributed by atoms with van der Waals surface area (Å²) in [5, 5.41) is -5.74. The molecule has 0 heterocycles. The fourth-order valence-corrected chi connectivity index (χ4v) is 2.93. The minimum Gasteiger partial charge on any atom is -0.425 e. The Morgan fingerprint density at radius 2 is 1.46 bits per heavy atom. The van der Waals surface area contributed by atoms with Gasteiger partial charge in [0.05, 0.1) is 0 Å². The molecule has 0 saturated heterocycles. The van der Waals surface area contributed by atoms with Gasteiger partial charge in [-0.05, 0) is 6.92 Å². The van der Waals surface area contributed by atoms with E-state index >= 15 is 0 Å². The molecule has 0 amide bonds. The number of ether oxygens (including phenoxy) is 2. The maximum Gasteiger partial charge on any atom is 0.512 e. The molecular formula is C8H8F5NO8S2. The molecule has 16 heteroatoms. The summed E-state index contributed by atoms with van der Waals surface area (Å²) in [6.45, 7) is 2.66. The Kier molecular flexibility index (Phi) is 6.45. The average molecular weight is 405 g/mol. The van der Waals surface area contributed by atoms with Crippen LogP contribution in [0.15, 0.2) is 12.2 Å². The van der Waals surface area contributed by atoms with Crippen LogP contribution in [-0.2, 0) is 39.1 Å². The normalized spacial score (nSPS) is 13.2. The molecule has 0 bridgehead atoms. The number of rotatable bonds is 7. The van der Waals surface area contributed by atoms with Crippen LogP contribution >= 0.6 is 0 Å². The highest BCUT2D eigenvalue weighted by Crippen LogP contribution is 2.27. The summed E-state index contributed by atoms with van der Waals surface area (Å²) in [7, 11) is -13.4. The van der Waals surface area contributed by atoms with E-state index in [0.717, 1.165) is 6.92 Å². The number of halogens is 5. The van der Waals surface area contributed by atoms with E-state index in [1.807, 2.05) is 0 Å². The predicted molar refractivity (Wildman–Crippen MR) is 63.8 cm³/mol. The van der Waals surface area contributed by atoms with Crippen molar-refractivity contribution in [2.24, 2.45) is 0 Å². The lowest BCUT2D eigenvalue weighted by atomic mass is 10.4. The van der Waals surface area contributed by atoms with Gasteiger partial charge in [-0.25, -0.2) is 26.4 Å². The topological polar surface area (TPSA) is 133 Å². The van der Waals surface area contributed by atoms with E-state index in [0.29, 0.717) is 0 Å². The third-order valence-electron chi connectivity index (χ3n) is 1.83. The van der Waals surface area contributed by atoms with Crippen LogP contribution in [0.5, 0.6) is 0 Å². The van der Waals surface area contributed by atoms with Crippen LogP contribution in [0, 0.1) is 0 Å². The van der Waals surface area contributed by atoms with Gasteiger partial charge in [0, 0.05) is 5.57 Å². The van der Waals surface area contributed by atoms with Crippen molar-refractivity contribution >= 4 is 32.0 Å². The Balaban J connectivity index is 5.18. The van der Waals surface area contributed by atoms with Gasteiger partial charge in [0.25, 0.3) is 0 Å². The van der Waals surface area contributed by atoms with Crippen LogP contribution in [0.1, 0.15) is 6.92 Å². The zero-order chi connectivity index (χ0) is 19.6. The van der Waals surface area contributed by atoms with Crippen LogP contribution in [0.25, 0.3) is 0 Å². The first-order valence-electron chi connectivity index (χ1n) is 5.18. The first-order valence-corrected chi connectivity index (χ1v) is 8.14. The number of alkyl halides is 5. The Hall–Kier alpha value is -1.81. The number of esters is 2. The highest BCUT2D eigenvalue weighted by Gasteiger charge is 2.59. The second kappa shape index (κ2) is 6.98. The molecule has 0 atom stereocenters. The van der Waals surface area contributed by atoms with Gasteiger partial charge < -0.3 is 9.47 Å². The van der Waals surface area contributed by atoms with Gasteiger partial charge in [0.1, 0.15) is 0 Å². The van der Waals surface area contributed by atoms with Crippen molar-refractivity contribution in [1.82, 2.24) is 4.13 Å². The van der Waals surface area contributed by atoms with Crippen LogP contribution < -0.4 is 4.13 Å². The van der Waals surface area contributed by atoms with Crippen molar-refractivity contribution < 1.29 is 57.9 Å². The number of hydrogen-bond acceptors (Lipinski definition) is 8. The van der Waals surface area contributed by atoms with E-state index in [4.69, 9.17) is 0 Å². The summed E-state index contributed by atoms with van der Waals surface area (Å²) in [4.78, 5) is 21.8. The third kappa shape index (κ3) is 5.10. The Bertz CT molecular complexity index is 739. The van der Waals surface area contributed by atoms with E-state index in [1.54, 1.807) is 0 Å². The molecule has 24 heavy (non-hydrogen) atoms. The lowest BCUT2D eigenvalue weighted by Gasteiger charge is -2.17. The van der Waals surface area contributed by atoms with Crippen LogP contribution in [-0.4, -0.2) is 46.3 Å². The highest BCUT2D eigenvalue weighted by atomic mass is 32.3. The van der Waals surface area contributed by atoms with Crippen molar-refractivity contribution in [3.63, 3.8) is 0 Å². The van der Waals surface area contributed by atoms with Gasteiger partial charge in [-0.1, -0.05) is 10.7 Å². The molecule has 0 aromatic carbocycles. The largest absolute Gasteiger partial charge is 0.512 e. The smallest absolute Gasteiger partial charge is 0.425 e. The van der Waals surface area contributed by atoms with E-state index in [-0.39, 0.29) is 9.70 Å². The molecule has 0 radical (unpaired) electrons. The van der Waals surface area contributed by atoms with Crippen LogP contribution in [0.2, 0.25) is 0 Å². The van der Waals surface area contributed by atoms with Crippen molar-refractivity contribution in [2.45, 2.75) is 17.7 Å². The Labute approximate surface area is 131 Å². The monoisotopic (exact) mass is 405 g/mol. The van der Waals surface area contributed by atoms with Gasteiger partial charge >= 0.3 is 42.7 Å². The molecule has 0 saturated carbocycles. The summed E-state index contributed by atoms with van der Waals surface area (Å²) in [6, 6.07) is 0. The van der Waals surface area contributed by atoms with Gasteiger partial charge in [0.15, 0.2) is 0 Å². The fourth-order valence-electron chi connectivity index (χ4n) is 0.697. The van der Waals surface area contributed by atoms with Gasteiger partial charge in [-0.3, -0.25) is 0 Å². The average Bonchev–Trinajstić information content (AvgIpc) is 2.35. The minimum atomic E-state index is -6.74. The molecule has 140 valence electrons. The van der Waals surface area contributed by atoms with Crippen LogP contribution in [0.4, 0.5) is 22.0 Å². The lowest BCUT2D eigenvalue weighted by Crippen LogP contribution is -2.51. The van der Waals surface area contributed by atoms with Crippen molar-refractivity contribution in [3.05, 3.63) is 12.2 Å². The maximum absolute atomic E-state index is 13.3. The Morgan fingerprint density at radius 3 is 1.83 bits per heavy atom. The quantitative estimate of drug-likeness (QED) is 0.270. The molecule has 0 aliphatic rings. The van der Waals surface area contributed by atoms with Crippen molar-refractivity contribution in [1.29, 1.82) is 0 Å². The van der Waals surface area contributed by atoms with Crippen LogP contribution in [0.3, 0.4) is 0 Å². The molecule has 0 aliphatic carbocycles. The zero-order valence-electron chi connectivity index (χ0n) is 11.4. The van der Waals surface area contributed by atoms with E-state index < -0.39 is 49.5 Å². The second-order valence-electron chi connectivity index (χ2n) is 3.81. The zero-order valence-corrected chi connectivity index (χ0v) is 13.0. The molecule has 9 nitrogen and oxygen atoms in total. The molecular weight excluding hydrogens is 397 g/mol. The molecule has 1 N–H and O–H groups in total. The molecule has 0 unspecified atom stereocenters. The van der Waals surface area contributed by atoms with E-state index in [2.05, 4.69) is 16.1 Å². The fraction of sp³-hybridized carbons (Fsp3) is 0.500. The van der Waals surface area contributed by atoms with E-state index in [9.17, 15) is 48.4 Å². The minimum absolute atomic E-state index is 0.247.